The van der Waals surface area contributed by atoms with Crippen LogP contribution in [0.3, 0.4) is 0 Å². The van der Waals surface area contributed by atoms with E-state index in [2.05, 4.69) is 25.9 Å². The molecule has 0 spiro atoms. The summed E-state index contributed by atoms with van der Waals surface area (Å²) in [4.78, 5) is 2.57. The van der Waals surface area contributed by atoms with E-state index in [9.17, 15) is 8.42 Å². The summed E-state index contributed by atoms with van der Waals surface area (Å²) in [6.07, 6.45) is 0. The van der Waals surface area contributed by atoms with E-state index >= 15 is 0 Å². The van der Waals surface area contributed by atoms with Crippen molar-refractivity contribution >= 4 is 31.7 Å². The molecule has 0 unspecified atom stereocenters. The first-order valence-corrected chi connectivity index (χ1v) is 10.3. The molecule has 4 rings (SSSR count). The molecule has 3 aromatic carbocycles. The summed E-state index contributed by atoms with van der Waals surface area (Å²) in [6.45, 7) is 1.91. The van der Waals surface area contributed by atoms with Crippen LogP contribution in [0.1, 0.15) is 16.7 Å². The fraction of sp³-hybridized carbons (Fsp3) is 0.0500. The molecule has 3 aromatic rings. The van der Waals surface area contributed by atoms with E-state index in [1.807, 2.05) is 49.4 Å². The minimum absolute atomic E-state index is 0.188. The SMILES string of the molecule is Cc1ccc(S(=O)(=O)NN=C2c3ccccc3-c3ccc(Br)cc32)cc1. The fourth-order valence-electron chi connectivity index (χ4n) is 3.01. The normalized spacial score (nSPS) is 14.2. The zero-order valence-corrected chi connectivity index (χ0v) is 16.3. The summed E-state index contributed by atoms with van der Waals surface area (Å²) in [5, 5.41) is 4.28. The second-order valence-corrected chi connectivity index (χ2v) is 8.68. The van der Waals surface area contributed by atoms with Crippen molar-refractivity contribution in [3.05, 3.63) is 87.9 Å². The lowest BCUT2D eigenvalue weighted by molar-refractivity contribution is 0.584. The molecule has 0 heterocycles. The van der Waals surface area contributed by atoms with E-state index in [0.29, 0.717) is 5.71 Å². The molecule has 0 aromatic heterocycles. The van der Waals surface area contributed by atoms with Crippen LogP contribution in [0.5, 0.6) is 0 Å². The lowest BCUT2D eigenvalue weighted by atomic mass is 10.1. The van der Waals surface area contributed by atoms with Crippen LogP contribution in [0.4, 0.5) is 0 Å². The zero-order chi connectivity index (χ0) is 18.3. The second kappa shape index (κ2) is 6.37. The van der Waals surface area contributed by atoms with Gasteiger partial charge in [0.15, 0.2) is 0 Å². The molecule has 0 saturated heterocycles. The molecular formula is C20H15BrN2O2S. The Labute approximate surface area is 160 Å². The molecule has 0 amide bonds. The average molecular weight is 427 g/mol. The van der Waals surface area contributed by atoms with Crippen LogP contribution in [0.25, 0.3) is 11.1 Å². The van der Waals surface area contributed by atoms with Gasteiger partial charge in [0.25, 0.3) is 10.0 Å². The maximum absolute atomic E-state index is 12.6. The number of benzene rings is 3. The standard InChI is InChI=1S/C20H15BrN2O2S/c1-13-6-9-15(10-7-13)26(24,25)23-22-20-18-5-3-2-4-16(18)17-11-8-14(21)12-19(17)20/h2-12,23H,1H3. The summed E-state index contributed by atoms with van der Waals surface area (Å²) < 4.78 is 26.0. The Morgan fingerprint density at radius 2 is 1.50 bits per heavy atom. The molecule has 1 aliphatic rings. The molecule has 0 radical (unpaired) electrons. The molecule has 1 aliphatic carbocycles. The molecule has 0 atom stereocenters. The van der Waals surface area contributed by atoms with Crippen LogP contribution in [0, 0.1) is 6.92 Å². The zero-order valence-electron chi connectivity index (χ0n) is 13.9. The van der Waals surface area contributed by atoms with Gasteiger partial charge in [-0.3, -0.25) is 0 Å². The highest BCUT2D eigenvalue weighted by Crippen LogP contribution is 2.38. The van der Waals surface area contributed by atoms with Crippen LogP contribution in [0.2, 0.25) is 0 Å². The van der Waals surface area contributed by atoms with Crippen molar-refractivity contribution in [1.29, 1.82) is 0 Å². The summed E-state index contributed by atoms with van der Waals surface area (Å²) >= 11 is 3.48. The number of hydrazone groups is 1. The number of sulfonamides is 1. The molecule has 0 bridgehead atoms. The van der Waals surface area contributed by atoms with E-state index in [1.165, 1.54) is 0 Å². The first-order valence-electron chi connectivity index (χ1n) is 8.01. The van der Waals surface area contributed by atoms with Gasteiger partial charge >= 0.3 is 0 Å². The maximum Gasteiger partial charge on any atom is 0.276 e. The number of nitrogens with one attached hydrogen (secondary N) is 1. The Bertz CT molecular complexity index is 1140. The summed E-state index contributed by atoms with van der Waals surface area (Å²) in [5.41, 5.74) is 5.51. The minimum atomic E-state index is -3.73. The molecule has 4 nitrogen and oxygen atoms in total. The summed E-state index contributed by atoms with van der Waals surface area (Å²) in [7, 11) is -3.73. The van der Waals surface area contributed by atoms with Gasteiger partial charge in [-0.05, 0) is 42.3 Å². The molecule has 6 heteroatoms. The van der Waals surface area contributed by atoms with Crippen molar-refractivity contribution in [2.24, 2.45) is 5.10 Å². The van der Waals surface area contributed by atoms with Crippen LogP contribution in [-0.2, 0) is 10.0 Å². The molecule has 0 saturated carbocycles. The van der Waals surface area contributed by atoms with E-state index in [4.69, 9.17) is 0 Å². The Kier molecular flexibility index (Phi) is 4.17. The molecule has 0 aliphatic heterocycles. The first kappa shape index (κ1) is 17.0. The largest absolute Gasteiger partial charge is 0.276 e. The average Bonchev–Trinajstić information content (AvgIpc) is 2.93. The molecule has 26 heavy (non-hydrogen) atoms. The van der Waals surface area contributed by atoms with Crippen molar-refractivity contribution in [3.63, 3.8) is 0 Å². The highest BCUT2D eigenvalue weighted by atomic mass is 79.9. The summed E-state index contributed by atoms with van der Waals surface area (Å²) in [6, 6.07) is 20.4. The molecule has 1 N–H and O–H groups in total. The molecule has 0 fully saturated rings. The molecular weight excluding hydrogens is 412 g/mol. The maximum atomic E-state index is 12.6. The van der Waals surface area contributed by atoms with Gasteiger partial charge in [0, 0.05) is 15.6 Å². The first-order chi connectivity index (χ1) is 12.5. The predicted octanol–water partition coefficient (Wildman–Crippen LogP) is 4.47. The Balaban J connectivity index is 1.78. The highest BCUT2D eigenvalue weighted by molar-refractivity contribution is 9.10. The van der Waals surface area contributed by atoms with Crippen molar-refractivity contribution in [3.8, 4) is 11.1 Å². The van der Waals surface area contributed by atoms with Gasteiger partial charge in [-0.1, -0.05) is 64.0 Å². The third kappa shape index (κ3) is 2.95. The highest BCUT2D eigenvalue weighted by Gasteiger charge is 2.25. The summed E-state index contributed by atoms with van der Waals surface area (Å²) in [5.74, 6) is 0. The molecule has 130 valence electrons. The Morgan fingerprint density at radius 1 is 0.846 bits per heavy atom. The van der Waals surface area contributed by atoms with Gasteiger partial charge in [-0.15, -0.1) is 0 Å². The van der Waals surface area contributed by atoms with E-state index in [1.54, 1.807) is 24.3 Å². The van der Waals surface area contributed by atoms with Gasteiger partial charge in [0.05, 0.1) is 10.6 Å². The lowest BCUT2D eigenvalue weighted by Crippen LogP contribution is -2.20. The van der Waals surface area contributed by atoms with Crippen molar-refractivity contribution in [2.45, 2.75) is 11.8 Å². The Hall–Kier alpha value is -2.44. The van der Waals surface area contributed by atoms with Crippen LogP contribution >= 0.6 is 15.9 Å². The van der Waals surface area contributed by atoms with Crippen LogP contribution < -0.4 is 4.83 Å². The topological polar surface area (TPSA) is 58.5 Å². The van der Waals surface area contributed by atoms with Gasteiger partial charge in [0.2, 0.25) is 0 Å². The van der Waals surface area contributed by atoms with Gasteiger partial charge < -0.3 is 0 Å². The van der Waals surface area contributed by atoms with Crippen molar-refractivity contribution in [1.82, 2.24) is 4.83 Å². The fourth-order valence-corrected chi connectivity index (χ4v) is 4.19. The van der Waals surface area contributed by atoms with Gasteiger partial charge in [-0.2, -0.15) is 18.4 Å². The minimum Gasteiger partial charge on any atom is -0.200 e. The number of rotatable bonds is 3. The van der Waals surface area contributed by atoms with Gasteiger partial charge in [0.1, 0.15) is 0 Å². The predicted molar refractivity (Wildman–Crippen MR) is 107 cm³/mol. The number of hydrogen-bond donors (Lipinski definition) is 1. The number of aryl methyl sites for hydroxylation is 1. The Morgan fingerprint density at radius 3 is 2.23 bits per heavy atom. The van der Waals surface area contributed by atoms with Crippen LogP contribution in [-0.4, -0.2) is 14.1 Å². The van der Waals surface area contributed by atoms with E-state index in [-0.39, 0.29) is 4.90 Å². The number of fused-ring (bicyclic) bond motifs is 3. The lowest BCUT2D eigenvalue weighted by Gasteiger charge is -2.06. The number of hydrogen-bond acceptors (Lipinski definition) is 3. The quantitative estimate of drug-likeness (QED) is 0.491. The second-order valence-electron chi connectivity index (χ2n) is 6.10. The van der Waals surface area contributed by atoms with Crippen molar-refractivity contribution < 1.29 is 8.42 Å². The number of nitrogens with zero attached hydrogens (tertiary/aromatic N) is 1. The van der Waals surface area contributed by atoms with Crippen molar-refractivity contribution in [2.75, 3.05) is 0 Å². The van der Waals surface area contributed by atoms with E-state index in [0.717, 1.165) is 32.3 Å². The van der Waals surface area contributed by atoms with E-state index < -0.39 is 10.0 Å². The third-order valence-corrected chi connectivity index (χ3v) is 6.04. The smallest absolute Gasteiger partial charge is 0.200 e. The third-order valence-electron chi connectivity index (χ3n) is 4.32. The number of halogens is 1. The van der Waals surface area contributed by atoms with Gasteiger partial charge in [-0.25, -0.2) is 0 Å². The van der Waals surface area contributed by atoms with Crippen LogP contribution in [0.15, 0.2) is 81.2 Å². The monoisotopic (exact) mass is 426 g/mol.